The number of hydrogen-bond donors (Lipinski definition) is 2. The maximum atomic E-state index is 9.28. The van der Waals surface area contributed by atoms with Gasteiger partial charge in [-0.15, -0.1) is 0 Å². The fraction of sp³-hybridized carbons (Fsp3) is 1.00. The van der Waals surface area contributed by atoms with Crippen LogP contribution in [0.4, 0.5) is 0 Å². The lowest BCUT2D eigenvalue weighted by Crippen LogP contribution is -2.44. The molecule has 0 unspecified atom stereocenters. The maximum absolute atomic E-state index is 9.28. The fourth-order valence-corrected chi connectivity index (χ4v) is 1.73. The number of aliphatic hydroxyl groups excluding tert-OH is 2. The van der Waals surface area contributed by atoms with Gasteiger partial charge in [0.2, 0.25) is 0 Å². The average Bonchev–Trinajstić information content (AvgIpc) is 3.00. The predicted octanol–water partition coefficient (Wildman–Crippen LogP) is 1.10. The summed E-state index contributed by atoms with van der Waals surface area (Å²) < 4.78 is 0. The van der Waals surface area contributed by atoms with E-state index in [0.717, 1.165) is 19.0 Å². The minimum atomic E-state index is -0.362. The summed E-state index contributed by atoms with van der Waals surface area (Å²) in [6.07, 6.45) is 2.69. The Morgan fingerprint density at radius 3 is 2.13 bits per heavy atom. The molecule has 1 aliphatic carbocycles. The van der Waals surface area contributed by atoms with E-state index >= 15 is 0 Å². The predicted molar refractivity (Wildman–Crippen MR) is 61.7 cm³/mol. The summed E-state index contributed by atoms with van der Waals surface area (Å²) >= 11 is 0. The summed E-state index contributed by atoms with van der Waals surface area (Å²) in [5.74, 6) is 0.856. The van der Waals surface area contributed by atoms with Crippen LogP contribution < -0.4 is 0 Å². The van der Waals surface area contributed by atoms with Gasteiger partial charge in [-0.05, 0) is 32.6 Å². The van der Waals surface area contributed by atoms with Gasteiger partial charge in [0.1, 0.15) is 0 Å². The van der Waals surface area contributed by atoms with Crippen molar-refractivity contribution < 1.29 is 10.2 Å². The Morgan fingerprint density at radius 2 is 1.80 bits per heavy atom. The second kappa shape index (κ2) is 5.28. The van der Waals surface area contributed by atoms with Crippen LogP contribution in [0.15, 0.2) is 0 Å². The Hall–Kier alpha value is -0.120. The van der Waals surface area contributed by atoms with Gasteiger partial charge < -0.3 is 10.2 Å². The molecule has 0 radical (unpaired) electrons. The zero-order chi connectivity index (χ0) is 11.5. The molecule has 3 nitrogen and oxygen atoms in total. The summed E-state index contributed by atoms with van der Waals surface area (Å²) in [7, 11) is 0. The van der Waals surface area contributed by atoms with E-state index in [2.05, 4.69) is 18.7 Å². The van der Waals surface area contributed by atoms with Gasteiger partial charge in [0.15, 0.2) is 0 Å². The molecule has 0 amide bonds. The Morgan fingerprint density at radius 1 is 1.27 bits per heavy atom. The summed E-state index contributed by atoms with van der Waals surface area (Å²) in [5.41, 5.74) is -0.362. The molecule has 0 aromatic heterocycles. The molecular weight excluding hydrogens is 190 g/mol. The molecule has 1 aliphatic rings. The van der Waals surface area contributed by atoms with Gasteiger partial charge in [-0.1, -0.05) is 6.92 Å². The van der Waals surface area contributed by atoms with Gasteiger partial charge in [0.05, 0.1) is 13.2 Å². The second-order valence-electron chi connectivity index (χ2n) is 5.59. The van der Waals surface area contributed by atoms with E-state index < -0.39 is 0 Å². The first-order valence-corrected chi connectivity index (χ1v) is 5.96. The summed E-state index contributed by atoms with van der Waals surface area (Å²) in [5, 5.41) is 18.6. The highest BCUT2D eigenvalue weighted by Gasteiger charge is 2.31. The standard InChI is InChI=1S/C12H25NO2/c1-10(2)13(6-11-4-5-11)7-12(3,8-14)9-15/h10-11,14-15H,4-9H2,1-3H3. The second-order valence-corrected chi connectivity index (χ2v) is 5.59. The molecule has 90 valence electrons. The van der Waals surface area contributed by atoms with Crippen molar-refractivity contribution in [2.45, 2.75) is 39.7 Å². The van der Waals surface area contributed by atoms with E-state index in [1.54, 1.807) is 0 Å². The van der Waals surface area contributed by atoms with Gasteiger partial charge in [-0.3, -0.25) is 4.90 Å². The van der Waals surface area contributed by atoms with Crippen LogP contribution in [0.25, 0.3) is 0 Å². The van der Waals surface area contributed by atoms with Crippen molar-refractivity contribution in [2.75, 3.05) is 26.3 Å². The first-order chi connectivity index (χ1) is 7.00. The van der Waals surface area contributed by atoms with Gasteiger partial charge in [-0.25, -0.2) is 0 Å². The Balaban J connectivity index is 2.47. The Bertz CT molecular complexity index is 186. The molecule has 0 saturated heterocycles. The molecule has 0 aliphatic heterocycles. The Labute approximate surface area is 93.1 Å². The van der Waals surface area contributed by atoms with E-state index in [1.807, 2.05) is 6.92 Å². The zero-order valence-electron chi connectivity index (χ0n) is 10.2. The molecule has 0 bridgehead atoms. The van der Waals surface area contributed by atoms with Crippen LogP contribution >= 0.6 is 0 Å². The monoisotopic (exact) mass is 215 g/mol. The van der Waals surface area contributed by atoms with Gasteiger partial charge in [-0.2, -0.15) is 0 Å². The SMILES string of the molecule is CC(C)N(CC1CC1)CC(C)(CO)CO. The van der Waals surface area contributed by atoms with Crippen LogP contribution in [0, 0.1) is 11.3 Å². The van der Waals surface area contributed by atoms with Crippen molar-refractivity contribution in [1.82, 2.24) is 4.90 Å². The number of rotatable bonds is 7. The smallest absolute Gasteiger partial charge is 0.0519 e. The average molecular weight is 215 g/mol. The highest BCUT2D eigenvalue weighted by Crippen LogP contribution is 2.31. The van der Waals surface area contributed by atoms with Crippen molar-refractivity contribution >= 4 is 0 Å². The molecule has 0 atom stereocenters. The first kappa shape index (κ1) is 12.9. The molecule has 3 heteroatoms. The number of hydrogen-bond acceptors (Lipinski definition) is 3. The van der Waals surface area contributed by atoms with Crippen LogP contribution in [0.1, 0.15) is 33.6 Å². The van der Waals surface area contributed by atoms with Crippen molar-refractivity contribution in [3.8, 4) is 0 Å². The van der Waals surface area contributed by atoms with Gasteiger partial charge in [0, 0.05) is 24.5 Å². The molecule has 0 heterocycles. The van der Waals surface area contributed by atoms with E-state index in [1.165, 1.54) is 12.8 Å². The molecule has 0 aromatic carbocycles. The minimum Gasteiger partial charge on any atom is -0.396 e. The van der Waals surface area contributed by atoms with Crippen LogP contribution in [0.5, 0.6) is 0 Å². The van der Waals surface area contributed by atoms with Crippen molar-refractivity contribution in [3.63, 3.8) is 0 Å². The van der Waals surface area contributed by atoms with Crippen LogP contribution in [0.2, 0.25) is 0 Å². The Kier molecular flexibility index (Phi) is 4.56. The summed E-state index contributed by atoms with van der Waals surface area (Å²) in [4.78, 5) is 2.38. The molecular formula is C12H25NO2. The van der Waals surface area contributed by atoms with Crippen molar-refractivity contribution in [1.29, 1.82) is 0 Å². The topological polar surface area (TPSA) is 43.7 Å². The summed E-state index contributed by atoms with van der Waals surface area (Å²) in [6, 6.07) is 0.489. The third kappa shape index (κ3) is 4.09. The highest BCUT2D eigenvalue weighted by atomic mass is 16.3. The van der Waals surface area contributed by atoms with Gasteiger partial charge in [0.25, 0.3) is 0 Å². The normalized spacial score (nSPS) is 17.8. The van der Waals surface area contributed by atoms with Gasteiger partial charge >= 0.3 is 0 Å². The largest absolute Gasteiger partial charge is 0.396 e. The lowest BCUT2D eigenvalue weighted by Gasteiger charge is -2.35. The number of aliphatic hydroxyl groups is 2. The van der Waals surface area contributed by atoms with E-state index in [0.29, 0.717) is 6.04 Å². The van der Waals surface area contributed by atoms with Crippen LogP contribution in [-0.4, -0.2) is 47.5 Å². The fourth-order valence-electron chi connectivity index (χ4n) is 1.73. The van der Waals surface area contributed by atoms with E-state index in [9.17, 15) is 10.2 Å². The number of nitrogens with zero attached hydrogens (tertiary/aromatic N) is 1. The molecule has 2 N–H and O–H groups in total. The van der Waals surface area contributed by atoms with Crippen LogP contribution in [-0.2, 0) is 0 Å². The molecule has 15 heavy (non-hydrogen) atoms. The van der Waals surface area contributed by atoms with E-state index in [-0.39, 0.29) is 18.6 Å². The molecule has 0 spiro atoms. The van der Waals surface area contributed by atoms with E-state index in [4.69, 9.17) is 0 Å². The minimum absolute atomic E-state index is 0.0530. The molecule has 1 rings (SSSR count). The van der Waals surface area contributed by atoms with Crippen LogP contribution in [0.3, 0.4) is 0 Å². The molecule has 1 fully saturated rings. The lowest BCUT2D eigenvalue weighted by molar-refractivity contribution is 0.0246. The quantitative estimate of drug-likeness (QED) is 0.668. The van der Waals surface area contributed by atoms with Crippen molar-refractivity contribution in [2.24, 2.45) is 11.3 Å². The maximum Gasteiger partial charge on any atom is 0.0519 e. The lowest BCUT2D eigenvalue weighted by atomic mass is 9.91. The van der Waals surface area contributed by atoms with Crippen molar-refractivity contribution in [3.05, 3.63) is 0 Å². The molecule has 0 aromatic rings. The third-order valence-electron chi connectivity index (χ3n) is 3.27. The highest BCUT2D eigenvalue weighted by molar-refractivity contribution is 4.83. The zero-order valence-corrected chi connectivity index (χ0v) is 10.2. The third-order valence-corrected chi connectivity index (χ3v) is 3.27. The summed E-state index contributed by atoms with van der Waals surface area (Å²) in [6.45, 7) is 8.31. The first-order valence-electron chi connectivity index (χ1n) is 5.96. The molecule has 1 saturated carbocycles.